The molecular weight excluding hydrogens is 320 g/mol. The van der Waals surface area contributed by atoms with Crippen LogP contribution in [0.1, 0.15) is 18.4 Å². The normalized spacial score (nSPS) is 20.9. The number of hydrogen-bond donors (Lipinski definition) is 2. The van der Waals surface area contributed by atoms with Gasteiger partial charge in [0.1, 0.15) is 6.61 Å². The van der Waals surface area contributed by atoms with E-state index < -0.39 is 6.09 Å². The number of ether oxygens (including phenoxy) is 1. The molecular formula is C18H26N4O3. The van der Waals surface area contributed by atoms with Crippen molar-refractivity contribution < 1.29 is 14.3 Å². The Hall–Kier alpha value is -2.28. The molecule has 1 aromatic rings. The number of alkyl carbamates (subject to hydrolysis) is 1. The van der Waals surface area contributed by atoms with Gasteiger partial charge in [-0.1, -0.05) is 30.3 Å². The molecule has 0 bridgehead atoms. The van der Waals surface area contributed by atoms with Gasteiger partial charge in [-0.2, -0.15) is 0 Å². The topological polar surface area (TPSA) is 73.9 Å². The number of nitrogens with zero attached hydrogens (tertiary/aromatic N) is 2. The number of carbonyl (C=O) groups excluding carboxylic acids is 2. The summed E-state index contributed by atoms with van der Waals surface area (Å²) in [5.41, 5.74) is 0.955. The maximum atomic E-state index is 12.6. The summed E-state index contributed by atoms with van der Waals surface area (Å²) in [6.07, 6.45) is 1.33. The van der Waals surface area contributed by atoms with Crippen molar-refractivity contribution in [3.8, 4) is 0 Å². The minimum atomic E-state index is -0.426. The Morgan fingerprint density at radius 3 is 2.64 bits per heavy atom. The standard InChI is InChI=1S/C18H26N4O3/c23-17(25-14-15-5-2-1-3-6-15)20-16-7-4-10-22(13-16)18(24)21-11-8-19-9-12-21/h1-3,5-6,16,19H,4,7-14H2,(H,20,23). The molecule has 25 heavy (non-hydrogen) atoms. The molecule has 2 aliphatic rings. The molecule has 2 N–H and O–H groups in total. The van der Waals surface area contributed by atoms with Crippen molar-refractivity contribution in [2.45, 2.75) is 25.5 Å². The van der Waals surface area contributed by atoms with Crippen LogP contribution in [0.3, 0.4) is 0 Å². The summed E-state index contributed by atoms with van der Waals surface area (Å²) in [4.78, 5) is 28.3. The molecule has 3 rings (SSSR count). The quantitative estimate of drug-likeness (QED) is 0.868. The smallest absolute Gasteiger partial charge is 0.407 e. The van der Waals surface area contributed by atoms with Crippen LogP contribution in [0.4, 0.5) is 9.59 Å². The molecule has 136 valence electrons. The van der Waals surface area contributed by atoms with Crippen LogP contribution in [0.2, 0.25) is 0 Å². The molecule has 2 heterocycles. The van der Waals surface area contributed by atoms with Gasteiger partial charge < -0.3 is 25.2 Å². The van der Waals surface area contributed by atoms with E-state index in [4.69, 9.17) is 4.74 Å². The highest BCUT2D eigenvalue weighted by Gasteiger charge is 2.28. The Labute approximate surface area is 148 Å². The van der Waals surface area contributed by atoms with E-state index in [-0.39, 0.29) is 18.7 Å². The largest absolute Gasteiger partial charge is 0.445 e. The van der Waals surface area contributed by atoms with E-state index in [1.807, 2.05) is 40.1 Å². The average Bonchev–Trinajstić information content (AvgIpc) is 2.67. The molecule has 2 fully saturated rings. The minimum absolute atomic E-state index is 0.0520. The first-order chi connectivity index (χ1) is 12.2. The number of likely N-dealkylation sites (tertiary alicyclic amines) is 1. The predicted octanol–water partition coefficient (Wildman–Crippen LogP) is 1.40. The van der Waals surface area contributed by atoms with Crippen molar-refractivity contribution in [3.05, 3.63) is 35.9 Å². The first-order valence-corrected chi connectivity index (χ1v) is 8.94. The molecule has 2 saturated heterocycles. The second-order valence-electron chi connectivity index (χ2n) is 6.51. The van der Waals surface area contributed by atoms with Gasteiger partial charge in [-0.25, -0.2) is 9.59 Å². The number of amides is 3. The van der Waals surface area contributed by atoms with Crippen LogP contribution in [0.15, 0.2) is 30.3 Å². The number of benzene rings is 1. The number of piperazine rings is 1. The van der Waals surface area contributed by atoms with Crippen molar-refractivity contribution in [3.63, 3.8) is 0 Å². The molecule has 0 saturated carbocycles. The fraction of sp³-hybridized carbons (Fsp3) is 0.556. The Morgan fingerprint density at radius 1 is 1.12 bits per heavy atom. The van der Waals surface area contributed by atoms with Gasteiger partial charge in [0.05, 0.1) is 0 Å². The molecule has 0 spiro atoms. The van der Waals surface area contributed by atoms with Crippen LogP contribution in [-0.4, -0.2) is 67.2 Å². The summed E-state index contributed by atoms with van der Waals surface area (Å²) < 4.78 is 5.27. The third-order valence-corrected chi connectivity index (χ3v) is 4.61. The lowest BCUT2D eigenvalue weighted by molar-refractivity contribution is 0.114. The summed E-state index contributed by atoms with van der Waals surface area (Å²) >= 11 is 0. The number of hydrogen-bond acceptors (Lipinski definition) is 4. The summed E-state index contributed by atoms with van der Waals surface area (Å²) in [5.74, 6) is 0. The average molecular weight is 346 g/mol. The van der Waals surface area contributed by atoms with Gasteiger partial charge in [-0.05, 0) is 18.4 Å². The second-order valence-corrected chi connectivity index (χ2v) is 6.51. The summed E-state index contributed by atoms with van der Waals surface area (Å²) in [6, 6.07) is 9.61. The Kier molecular flexibility index (Phi) is 6.11. The molecule has 2 aliphatic heterocycles. The highest BCUT2D eigenvalue weighted by Crippen LogP contribution is 2.13. The zero-order valence-corrected chi connectivity index (χ0v) is 14.4. The van der Waals surface area contributed by atoms with Crippen molar-refractivity contribution in [1.82, 2.24) is 20.4 Å². The van der Waals surface area contributed by atoms with Crippen LogP contribution in [0.5, 0.6) is 0 Å². The summed E-state index contributed by atoms with van der Waals surface area (Å²) in [5, 5.41) is 6.14. The lowest BCUT2D eigenvalue weighted by Gasteiger charge is -2.37. The fourth-order valence-corrected chi connectivity index (χ4v) is 3.26. The van der Waals surface area contributed by atoms with E-state index in [9.17, 15) is 9.59 Å². The number of nitrogens with one attached hydrogen (secondary N) is 2. The van der Waals surface area contributed by atoms with Crippen LogP contribution < -0.4 is 10.6 Å². The third-order valence-electron chi connectivity index (χ3n) is 4.61. The van der Waals surface area contributed by atoms with Crippen molar-refractivity contribution in [2.75, 3.05) is 39.3 Å². The monoisotopic (exact) mass is 346 g/mol. The second kappa shape index (κ2) is 8.71. The Bertz CT molecular complexity index is 575. The van der Waals surface area contributed by atoms with Gasteiger partial charge in [0.2, 0.25) is 0 Å². The predicted molar refractivity (Wildman–Crippen MR) is 94.2 cm³/mol. The van der Waals surface area contributed by atoms with E-state index in [0.29, 0.717) is 6.54 Å². The molecule has 7 heteroatoms. The third kappa shape index (κ3) is 5.09. The zero-order chi connectivity index (χ0) is 17.5. The number of carbonyl (C=O) groups is 2. The van der Waals surface area contributed by atoms with Crippen molar-refractivity contribution in [2.24, 2.45) is 0 Å². The van der Waals surface area contributed by atoms with E-state index in [0.717, 1.165) is 51.1 Å². The maximum absolute atomic E-state index is 12.6. The molecule has 0 radical (unpaired) electrons. The van der Waals surface area contributed by atoms with Crippen LogP contribution in [0, 0.1) is 0 Å². The van der Waals surface area contributed by atoms with Crippen LogP contribution >= 0.6 is 0 Å². The van der Waals surface area contributed by atoms with E-state index >= 15 is 0 Å². The molecule has 1 aromatic carbocycles. The van der Waals surface area contributed by atoms with Gasteiger partial charge in [0.25, 0.3) is 0 Å². The Morgan fingerprint density at radius 2 is 1.88 bits per heavy atom. The summed E-state index contributed by atoms with van der Waals surface area (Å²) in [6.45, 7) is 4.71. The molecule has 3 amide bonds. The van der Waals surface area contributed by atoms with Crippen molar-refractivity contribution >= 4 is 12.1 Å². The fourth-order valence-electron chi connectivity index (χ4n) is 3.26. The number of rotatable bonds is 3. The number of piperidine rings is 1. The van der Waals surface area contributed by atoms with Gasteiger partial charge >= 0.3 is 12.1 Å². The summed E-state index contributed by atoms with van der Waals surface area (Å²) in [7, 11) is 0. The SMILES string of the molecule is O=C(NC1CCCN(C(=O)N2CCNCC2)C1)OCc1ccccc1. The lowest BCUT2D eigenvalue weighted by Crippen LogP contribution is -2.56. The Balaban J connectivity index is 1.44. The highest BCUT2D eigenvalue weighted by atomic mass is 16.5. The van der Waals surface area contributed by atoms with Crippen molar-refractivity contribution in [1.29, 1.82) is 0 Å². The van der Waals surface area contributed by atoms with Crippen LogP contribution in [-0.2, 0) is 11.3 Å². The molecule has 1 atom stereocenters. The zero-order valence-electron chi connectivity index (χ0n) is 14.4. The highest BCUT2D eigenvalue weighted by molar-refractivity contribution is 5.75. The molecule has 0 aromatic heterocycles. The number of urea groups is 1. The molecule has 0 aliphatic carbocycles. The van der Waals surface area contributed by atoms with Gasteiger partial charge in [0.15, 0.2) is 0 Å². The first kappa shape index (κ1) is 17.5. The first-order valence-electron chi connectivity index (χ1n) is 8.94. The molecule has 1 unspecified atom stereocenters. The van der Waals surface area contributed by atoms with Gasteiger partial charge in [-0.15, -0.1) is 0 Å². The van der Waals surface area contributed by atoms with E-state index in [2.05, 4.69) is 10.6 Å². The van der Waals surface area contributed by atoms with Gasteiger partial charge in [0, 0.05) is 45.3 Å². The minimum Gasteiger partial charge on any atom is -0.445 e. The van der Waals surface area contributed by atoms with E-state index in [1.54, 1.807) is 0 Å². The van der Waals surface area contributed by atoms with Crippen LogP contribution in [0.25, 0.3) is 0 Å². The molecule has 7 nitrogen and oxygen atoms in total. The lowest BCUT2D eigenvalue weighted by atomic mass is 10.1. The van der Waals surface area contributed by atoms with E-state index in [1.165, 1.54) is 0 Å². The maximum Gasteiger partial charge on any atom is 0.407 e. The van der Waals surface area contributed by atoms with Gasteiger partial charge in [-0.3, -0.25) is 0 Å².